The fraction of sp³-hybridized carbons (Fsp3) is 0.500. The van der Waals surface area contributed by atoms with E-state index in [1.165, 1.54) is 0 Å². The second-order valence-electron chi connectivity index (χ2n) is 4.95. The average Bonchev–Trinajstić information content (AvgIpc) is 2.40. The van der Waals surface area contributed by atoms with E-state index >= 15 is 0 Å². The van der Waals surface area contributed by atoms with Gasteiger partial charge in [0.15, 0.2) is 0 Å². The molecule has 6 nitrogen and oxygen atoms in total. The molecule has 0 spiro atoms. The highest BCUT2D eigenvalue weighted by Crippen LogP contribution is 2.19. The molecule has 1 aromatic rings. The van der Waals surface area contributed by atoms with E-state index in [1.54, 1.807) is 25.3 Å². The van der Waals surface area contributed by atoms with Crippen LogP contribution in [0.5, 0.6) is 0 Å². The maximum Gasteiger partial charge on any atom is 0.239 e. The van der Waals surface area contributed by atoms with Gasteiger partial charge in [-0.2, -0.15) is 4.31 Å². The van der Waals surface area contributed by atoms with Crippen molar-refractivity contribution in [3.63, 3.8) is 0 Å². The maximum absolute atomic E-state index is 12.1. The van der Waals surface area contributed by atoms with E-state index in [0.29, 0.717) is 23.7 Å². The summed E-state index contributed by atoms with van der Waals surface area (Å²) in [7, 11) is -1.91. The van der Waals surface area contributed by atoms with E-state index in [2.05, 4.69) is 5.32 Å². The number of ether oxygens (including phenoxy) is 1. The number of nitrogens with one attached hydrogen (secondary N) is 1. The molecule has 1 amide bonds. The number of aryl methyl sites for hydroxylation is 1. The van der Waals surface area contributed by atoms with Gasteiger partial charge in [-0.05, 0) is 37.1 Å². The monoisotopic (exact) mass is 348 g/mol. The molecule has 0 atom stereocenters. The standard InChI is InChI=1S/C14H21ClN2O4S/c1-11-9-12(15)5-6-13(11)16-14(18)10-17(22(3,19)20)7-4-8-21-2/h5-6,9H,4,7-8,10H2,1-3H3,(H,16,18). The van der Waals surface area contributed by atoms with Crippen molar-refractivity contribution in [1.29, 1.82) is 0 Å². The molecule has 0 radical (unpaired) electrons. The van der Waals surface area contributed by atoms with Gasteiger partial charge in [0.2, 0.25) is 15.9 Å². The molecule has 124 valence electrons. The van der Waals surface area contributed by atoms with Gasteiger partial charge < -0.3 is 10.1 Å². The van der Waals surface area contributed by atoms with Crippen LogP contribution in [-0.4, -0.2) is 51.7 Å². The fourth-order valence-electron chi connectivity index (χ4n) is 1.86. The van der Waals surface area contributed by atoms with Gasteiger partial charge in [-0.3, -0.25) is 4.79 Å². The molecule has 0 aromatic heterocycles. The highest BCUT2D eigenvalue weighted by Gasteiger charge is 2.20. The minimum absolute atomic E-state index is 0.232. The Labute approximate surface area is 136 Å². The first kappa shape index (κ1) is 18.9. The van der Waals surface area contributed by atoms with E-state index in [9.17, 15) is 13.2 Å². The summed E-state index contributed by atoms with van der Waals surface area (Å²) in [4.78, 5) is 12.1. The lowest BCUT2D eigenvalue weighted by Crippen LogP contribution is -2.38. The summed E-state index contributed by atoms with van der Waals surface area (Å²) in [6.07, 6.45) is 1.61. The van der Waals surface area contributed by atoms with Crippen molar-refractivity contribution in [1.82, 2.24) is 4.31 Å². The number of amides is 1. The molecule has 0 heterocycles. The minimum Gasteiger partial charge on any atom is -0.385 e. The van der Waals surface area contributed by atoms with Crippen LogP contribution in [0.4, 0.5) is 5.69 Å². The predicted octanol–water partition coefficient (Wildman–Crippen LogP) is 1.89. The first-order valence-electron chi connectivity index (χ1n) is 6.74. The zero-order valence-electron chi connectivity index (χ0n) is 12.9. The lowest BCUT2D eigenvalue weighted by molar-refractivity contribution is -0.116. The molecule has 1 aromatic carbocycles. The second-order valence-corrected chi connectivity index (χ2v) is 7.37. The summed E-state index contributed by atoms with van der Waals surface area (Å²) in [6.45, 7) is 2.25. The van der Waals surface area contributed by atoms with Crippen LogP contribution in [0.2, 0.25) is 5.02 Å². The minimum atomic E-state index is -3.45. The number of carbonyl (C=O) groups excluding carboxylic acids is 1. The van der Waals surface area contributed by atoms with Crippen LogP contribution in [0, 0.1) is 6.92 Å². The van der Waals surface area contributed by atoms with Crippen LogP contribution in [0.1, 0.15) is 12.0 Å². The highest BCUT2D eigenvalue weighted by atomic mass is 35.5. The molecule has 0 saturated carbocycles. The lowest BCUT2D eigenvalue weighted by atomic mass is 10.2. The first-order chi connectivity index (χ1) is 10.2. The normalized spacial score (nSPS) is 11.7. The van der Waals surface area contributed by atoms with Crippen molar-refractivity contribution in [2.24, 2.45) is 0 Å². The summed E-state index contributed by atoms with van der Waals surface area (Å²) >= 11 is 5.86. The predicted molar refractivity (Wildman–Crippen MR) is 87.7 cm³/mol. The number of methoxy groups -OCH3 is 1. The van der Waals surface area contributed by atoms with Crippen LogP contribution in [0.15, 0.2) is 18.2 Å². The topological polar surface area (TPSA) is 75.7 Å². The van der Waals surface area contributed by atoms with Gasteiger partial charge >= 0.3 is 0 Å². The van der Waals surface area contributed by atoms with Gasteiger partial charge in [-0.25, -0.2) is 8.42 Å². The number of anilines is 1. The second kappa shape index (κ2) is 8.47. The van der Waals surface area contributed by atoms with Crippen molar-refractivity contribution in [3.05, 3.63) is 28.8 Å². The molecule has 8 heteroatoms. The number of benzene rings is 1. The number of hydrogen-bond donors (Lipinski definition) is 1. The number of halogens is 1. The molecule has 1 N–H and O–H groups in total. The van der Waals surface area contributed by atoms with Gasteiger partial charge in [0.05, 0.1) is 12.8 Å². The van der Waals surface area contributed by atoms with Crippen molar-refractivity contribution < 1.29 is 17.9 Å². The Kier molecular flexibility index (Phi) is 7.28. The van der Waals surface area contributed by atoms with Crippen molar-refractivity contribution in [2.75, 3.05) is 38.4 Å². The molecule has 0 unspecified atom stereocenters. The Hall–Kier alpha value is -1.15. The molecular weight excluding hydrogens is 328 g/mol. The maximum atomic E-state index is 12.1. The van der Waals surface area contributed by atoms with Gasteiger partial charge in [0, 0.05) is 31.0 Å². The SMILES string of the molecule is COCCCN(CC(=O)Nc1ccc(Cl)cc1C)S(C)(=O)=O. The number of hydrogen-bond acceptors (Lipinski definition) is 4. The molecule has 0 bridgehead atoms. The average molecular weight is 349 g/mol. The molecule has 0 saturated heterocycles. The zero-order chi connectivity index (χ0) is 16.8. The summed E-state index contributed by atoms with van der Waals surface area (Å²) < 4.78 is 29.5. The molecular formula is C14H21ClN2O4S. The summed E-state index contributed by atoms with van der Waals surface area (Å²) in [5, 5.41) is 3.27. The third kappa shape index (κ3) is 6.31. The van der Waals surface area contributed by atoms with Crippen molar-refractivity contribution in [2.45, 2.75) is 13.3 Å². The molecule has 0 aliphatic rings. The van der Waals surface area contributed by atoms with Crippen LogP contribution >= 0.6 is 11.6 Å². The number of nitrogens with zero attached hydrogens (tertiary/aromatic N) is 1. The highest BCUT2D eigenvalue weighted by molar-refractivity contribution is 7.88. The van der Waals surface area contributed by atoms with E-state index < -0.39 is 15.9 Å². The molecule has 0 aliphatic heterocycles. The van der Waals surface area contributed by atoms with E-state index in [1.807, 2.05) is 6.92 Å². The Morgan fingerprint density at radius 2 is 2.09 bits per heavy atom. The van der Waals surface area contributed by atoms with Gasteiger partial charge in [0.25, 0.3) is 0 Å². The quantitative estimate of drug-likeness (QED) is 0.728. The Morgan fingerprint density at radius 3 is 2.64 bits per heavy atom. The Balaban J connectivity index is 2.70. The van der Waals surface area contributed by atoms with Crippen LogP contribution in [0.25, 0.3) is 0 Å². The van der Waals surface area contributed by atoms with Crippen LogP contribution in [0.3, 0.4) is 0 Å². The van der Waals surface area contributed by atoms with Gasteiger partial charge in [0.1, 0.15) is 0 Å². The number of carbonyl (C=O) groups is 1. The Morgan fingerprint density at radius 1 is 1.41 bits per heavy atom. The fourth-order valence-corrected chi connectivity index (χ4v) is 2.90. The lowest BCUT2D eigenvalue weighted by Gasteiger charge is -2.19. The van der Waals surface area contributed by atoms with E-state index in [4.69, 9.17) is 16.3 Å². The Bertz CT molecular complexity index is 619. The largest absolute Gasteiger partial charge is 0.385 e. The van der Waals surface area contributed by atoms with Crippen LogP contribution in [-0.2, 0) is 19.6 Å². The van der Waals surface area contributed by atoms with E-state index in [-0.39, 0.29) is 13.1 Å². The molecule has 0 fully saturated rings. The summed E-state index contributed by atoms with van der Waals surface area (Å²) in [5.74, 6) is -0.395. The first-order valence-corrected chi connectivity index (χ1v) is 8.96. The third-order valence-electron chi connectivity index (χ3n) is 3.01. The van der Waals surface area contributed by atoms with Crippen LogP contribution < -0.4 is 5.32 Å². The number of rotatable bonds is 8. The number of sulfonamides is 1. The third-order valence-corrected chi connectivity index (χ3v) is 4.49. The van der Waals surface area contributed by atoms with Crippen molar-refractivity contribution in [3.8, 4) is 0 Å². The molecule has 22 heavy (non-hydrogen) atoms. The van der Waals surface area contributed by atoms with Gasteiger partial charge in [-0.1, -0.05) is 11.6 Å². The van der Waals surface area contributed by atoms with E-state index in [0.717, 1.165) is 16.1 Å². The van der Waals surface area contributed by atoms with Gasteiger partial charge in [-0.15, -0.1) is 0 Å². The molecule has 0 aliphatic carbocycles. The summed E-state index contributed by atoms with van der Waals surface area (Å²) in [6, 6.07) is 5.08. The molecule has 1 rings (SSSR count). The smallest absolute Gasteiger partial charge is 0.239 e. The van der Waals surface area contributed by atoms with Crippen molar-refractivity contribution >= 4 is 33.2 Å². The zero-order valence-corrected chi connectivity index (χ0v) is 14.5. The summed E-state index contributed by atoms with van der Waals surface area (Å²) in [5.41, 5.74) is 1.42.